The molecule has 0 aromatic heterocycles. The van der Waals surface area contributed by atoms with Crippen molar-refractivity contribution in [1.82, 2.24) is 4.31 Å². The first-order valence-electron chi connectivity index (χ1n) is 10.2. The highest BCUT2D eigenvalue weighted by Crippen LogP contribution is 2.28. The number of anilines is 2. The Bertz CT molecular complexity index is 1070. The maximum atomic E-state index is 12.6. The lowest BCUT2D eigenvalue weighted by molar-refractivity contribution is -0.117. The highest BCUT2D eigenvalue weighted by Gasteiger charge is 2.27. The van der Waals surface area contributed by atoms with Gasteiger partial charge in [0.2, 0.25) is 15.9 Å². The van der Waals surface area contributed by atoms with E-state index in [0.717, 1.165) is 37.1 Å². The van der Waals surface area contributed by atoms with Crippen LogP contribution in [0.4, 0.5) is 11.4 Å². The second-order valence-electron chi connectivity index (χ2n) is 7.74. The fourth-order valence-electron chi connectivity index (χ4n) is 4.00. The van der Waals surface area contributed by atoms with Gasteiger partial charge in [-0.1, -0.05) is 0 Å². The summed E-state index contributed by atoms with van der Waals surface area (Å²) in [5, 5.41) is 2.84. The van der Waals surface area contributed by atoms with Crippen LogP contribution in [-0.2, 0) is 14.8 Å². The third-order valence-electron chi connectivity index (χ3n) is 5.64. The van der Waals surface area contributed by atoms with Gasteiger partial charge in [0.25, 0.3) is 5.91 Å². The normalized spacial score (nSPS) is 17.5. The van der Waals surface area contributed by atoms with Gasteiger partial charge in [-0.05, 0) is 74.2 Å². The van der Waals surface area contributed by atoms with Crippen LogP contribution >= 0.6 is 0 Å². The van der Waals surface area contributed by atoms with Gasteiger partial charge in [-0.25, -0.2) is 8.42 Å². The maximum Gasteiger partial charge on any atom is 0.255 e. The van der Waals surface area contributed by atoms with Crippen LogP contribution in [0.5, 0.6) is 0 Å². The number of nitrogens with zero attached hydrogens (tertiary/aromatic N) is 2. The van der Waals surface area contributed by atoms with Gasteiger partial charge in [-0.2, -0.15) is 4.31 Å². The van der Waals surface area contributed by atoms with E-state index in [9.17, 15) is 18.0 Å². The number of hydrogen-bond donors (Lipinski definition) is 1. The molecule has 2 saturated heterocycles. The first-order chi connectivity index (χ1) is 14.4. The molecule has 4 rings (SSSR count). The van der Waals surface area contributed by atoms with E-state index in [1.54, 1.807) is 11.0 Å². The quantitative estimate of drug-likeness (QED) is 0.794. The smallest absolute Gasteiger partial charge is 0.255 e. The van der Waals surface area contributed by atoms with Crippen LogP contribution in [0.1, 0.15) is 41.6 Å². The Hall–Kier alpha value is -2.71. The maximum absolute atomic E-state index is 12.6. The van der Waals surface area contributed by atoms with Crippen molar-refractivity contribution in [3.05, 3.63) is 53.6 Å². The monoisotopic (exact) mass is 427 g/mol. The fourth-order valence-corrected chi connectivity index (χ4v) is 5.52. The van der Waals surface area contributed by atoms with Crippen LogP contribution in [0, 0.1) is 6.92 Å². The summed E-state index contributed by atoms with van der Waals surface area (Å²) >= 11 is 0. The molecule has 0 atom stereocenters. The fraction of sp³-hybridized carbons (Fsp3) is 0.364. The third kappa shape index (κ3) is 3.97. The minimum atomic E-state index is -3.49. The van der Waals surface area contributed by atoms with E-state index >= 15 is 0 Å². The molecule has 2 aliphatic heterocycles. The van der Waals surface area contributed by atoms with Gasteiger partial charge in [0.05, 0.1) is 4.90 Å². The lowest BCUT2D eigenvalue weighted by atomic mass is 10.1. The van der Waals surface area contributed by atoms with Crippen LogP contribution in [-0.4, -0.2) is 44.2 Å². The van der Waals surface area contributed by atoms with Crippen molar-refractivity contribution in [2.45, 2.75) is 37.5 Å². The number of hydrogen-bond acceptors (Lipinski definition) is 4. The van der Waals surface area contributed by atoms with Crippen LogP contribution in [0.25, 0.3) is 0 Å². The molecule has 0 radical (unpaired) electrons. The summed E-state index contributed by atoms with van der Waals surface area (Å²) in [5.41, 5.74) is 2.79. The number of carbonyl (C=O) groups excluding carboxylic acids is 2. The molecule has 0 saturated carbocycles. The van der Waals surface area contributed by atoms with E-state index in [1.165, 1.54) is 28.6 Å². The van der Waals surface area contributed by atoms with Crippen molar-refractivity contribution in [1.29, 1.82) is 0 Å². The standard InChI is InChI=1S/C22H25N3O4S/c1-16-15-18(8-11-20(16)25-14-4-5-21(25)26)23-22(27)17-6-9-19(10-7-17)30(28,29)24-12-2-3-13-24/h6-11,15H,2-5,12-14H2,1H3,(H,23,27). The zero-order chi connectivity index (χ0) is 21.3. The summed E-state index contributed by atoms with van der Waals surface area (Å²) in [4.78, 5) is 26.6. The predicted molar refractivity (Wildman–Crippen MR) is 115 cm³/mol. The Morgan fingerprint density at radius 1 is 0.967 bits per heavy atom. The van der Waals surface area contributed by atoms with E-state index < -0.39 is 10.0 Å². The largest absolute Gasteiger partial charge is 0.322 e. The van der Waals surface area contributed by atoms with Gasteiger partial charge < -0.3 is 10.2 Å². The molecule has 158 valence electrons. The molecule has 0 bridgehead atoms. The Kier molecular flexibility index (Phi) is 5.62. The first-order valence-corrected chi connectivity index (χ1v) is 11.6. The molecule has 1 N–H and O–H groups in total. The lowest BCUT2D eigenvalue weighted by Crippen LogP contribution is -2.27. The second kappa shape index (κ2) is 8.20. The minimum Gasteiger partial charge on any atom is -0.322 e. The van der Waals surface area contributed by atoms with Crippen molar-refractivity contribution in [3.8, 4) is 0 Å². The van der Waals surface area contributed by atoms with Crippen molar-refractivity contribution < 1.29 is 18.0 Å². The average molecular weight is 428 g/mol. The molecule has 8 heteroatoms. The second-order valence-corrected chi connectivity index (χ2v) is 9.68. The minimum absolute atomic E-state index is 0.124. The summed E-state index contributed by atoms with van der Waals surface area (Å²) in [7, 11) is -3.49. The molecule has 2 aromatic rings. The van der Waals surface area contributed by atoms with Crippen molar-refractivity contribution in [2.24, 2.45) is 0 Å². The topological polar surface area (TPSA) is 86.8 Å². The molecular weight excluding hydrogens is 402 g/mol. The molecule has 0 unspecified atom stereocenters. The molecule has 2 heterocycles. The number of rotatable bonds is 5. The third-order valence-corrected chi connectivity index (χ3v) is 7.55. The Morgan fingerprint density at radius 3 is 2.27 bits per heavy atom. The molecule has 2 amide bonds. The molecule has 2 aromatic carbocycles. The van der Waals surface area contributed by atoms with Gasteiger partial charge in [-0.3, -0.25) is 9.59 Å². The van der Waals surface area contributed by atoms with E-state index in [-0.39, 0.29) is 16.7 Å². The Balaban J connectivity index is 1.46. The van der Waals surface area contributed by atoms with E-state index in [1.807, 2.05) is 19.1 Å². The van der Waals surface area contributed by atoms with Crippen molar-refractivity contribution >= 4 is 33.2 Å². The molecule has 2 fully saturated rings. The van der Waals surface area contributed by atoms with Gasteiger partial charge >= 0.3 is 0 Å². The summed E-state index contributed by atoms with van der Waals surface area (Å²) in [6.45, 7) is 3.72. The Morgan fingerprint density at radius 2 is 1.67 bits per heavy atom. The zero-order valence-electron chi connectivity index (χ0n) is 16.9. The first kappa shape index (κ1) is 20.6. The van der Waals surface area contributed by atoms with Crippen molar-refractivity contribution in [3.63, 3.8) is 0 Å². The molecule has 7 nitrogen and oxygen atoms in total. The van der Waals surface area contributed by atoms with Gasteiger partial charge in [-0.15, -0.1) is 0 Å². The van der Waals surface area contributed by atoms with Crippen molar-refractivity contribution in [2.75, 3.05) is 29.9 Å². The van der Waals surface area contributed by atoms with E-state index in [0.29, 0.717) is 30.8 Å². The number of amides is 2. The van der Waals surface area contributed by atoms with Gasteiger partial charge in [0.15, 0.2) is 0 Å². The summed E-state index contributed by atoms with van der Waals surface area (Å²) < 4.78 is 26.7. The lowest BCUT2D eigenvalue weighted by Gasteiger charge is -2.19. The number of nitrogens with one attached hydrogen (secondary N) is 1. The number of aryl methyl sites for hydroxylation is 1. The SMILES string of the molecule is Cc1cc(NC(=O)c2ccc(S(=O)(=O)N3CCCC3)cc2)ccc1N1CCCC1=O. The molecule has 0 aliphatic carbocycles. The van der Waals surface area contributed by atoms with Crippen LogP contribution in [0.15, 0.2) is 47.4 Å². The van der Waals surface area contributed by atoms with Crippen LogP contribution in [0.3, 0.4) is 0 Å². The van der Waals surface area contributed by atoms with E-state index in [4.69, 9.17) is 0 Å². The Labute approximate surface area is 176 Å². The summed E-state index contributed by atoms with van der Waals surface area (Å²) in [6, 6.07) is 11.5. The molecule has 30 heavy (non-hydrogen) atoms. The van der Waals surface area contributed by atoms with Crippen LogP contribution in [0.2, 0.25) is 0 Å². The molecule has 2 aliphatic rings. The highest BCUT2D eigenvalue weighted by atomic mass is 32.2. The molecule has 0 spiro atoms. The number of carbonyl (C=O) groups is 2. The van der Waals surface area contributed by atoms with E-state index in [2.05, 4.69) is 5.32 Å². The number of benzene rings is 2. The van der Waals surface area contributed by atoms with Gasteiger partial charge in [0.1, 0.15) is 0 Å². The average Bonchev–Trinajstić information content (AvgIpc) is 3.41. The highest BCUT2D eigenvalue weighted by molar-refractivity contribution is 7.89. The molecular formula is C22H25N3O4S. The summed E-state index contributed by atoms with van der Waals surface area (Å²) in [5.74, 6) is -0.191. The van der Waals surface area contributed by atoms with Crippen LogP contribution < -0.4 is 10.2 Å². The number of sulfonamides is 1. The summed E-state index contributed by atoms with van der Waals surface area (Å²) in [6.07, 6.45) is 3.19. The predicted octanol–water partition coefficient (Wildman–Crippen LogP) is 3.16. The van der Waals surface area contributed by atoms with Gasteiger partial charge in [0, 0.05) is 43.0 Å². The zero-order valence-corrected chi connectivity index (χ0v) is 17.7.